The van der Waals surface area contributed by atoms with Crippen molar-refractivity contribution in [2.45, 2.75) is 30.6 Å². The minimum Gasteiger partial charge on any atom is -0.463 e. The molecule has 1 aliphatic carbocycles. The van der Waals surface area contributed by atoms with Crippen molar-refractivity contribution >= 4 is 26.8 Å². The van der Waals surface area contributed by atoms with Gasteiger partial charge in [0, 0.05) is 18.1 Å². The molecule has 2 atom stereocenters. The summed E-state index contributed by atoms with van der Waals surface area (Å²) >= 11 is 0. The molecule has 1 saturated carbocycles. The number of hydrogen-bond acceptors (Lipinski definition) is 5. The van der Waals surface area contributed by atoms with E-state index in [1.54, 1.807) is 12.1 Å². The summed E-state index contributed by atoms with van der Waals surface area (Å²) in [6.45, 7) is 0. The molecule has 5 nitrogen and oxygen atoms in total. The smallest absolute Gasteiger partial charge is 0.342 e. The maximum Gasteiger partial charge on any atom is 0.342 e. The third kappa shape index (κ3) is 2.81. The first-order chi connectivity index (χ1) is 9.95. The van der Waals surface area contributed by atoms with E-state index in [2.05, 4.69) is 0 Å². The third-order valence-electron chi connectivity index (χ3n) is 3.92. The zero-order valence-electron chi connectivity index (χ0n) is 11.6. The second-order valence-corrected chi connectivity index (χ2v) is 7.76. The summed E-state index contributed by atoms with van der Waals surface area (Å²) < 4.78 is 33.8. The topological polar surface area (TPSA) is 73.6 Å². The van der Waals surface area contributed by atoms with Crippen LogP contribution in [-0.2, 0) is 14.6 Å². The van der Waals surface area contributed by atoms with E-state index in [1.165, 1.54) is 12.5 Å². The zero-order chi connectivity index (χ0) is 15.0. The summed E-state index contributed by atoms with van der Waals surface area (Å²) in [5.41, 5.74) is 1.01. The number of para-hydroxylation sites is 1. The standard InChI is InChI=1S/C15H16O5S/c1-21(17,18)11-7-6-10(8-11)20-15(16)13-9-19-14-5-3-2-4-12(13)14/h2-5,9-11H,6-8H2,1H3/t10-,11+/m0/s1. The fourth-order valence-corrected chi connectivity index (χ4v) is 3.88. The van der Waals surface area contributed by atoms with Crippen LogP contribution in [0.5, 0.6) is 0 Å². The average molecular weight is 308 g/mol. The molecule has 2 aromatic rings. The van der Waals surface area contributed by atoms with E-state index in [4.69, 9.17) is 9.15 Å². The third-order valence-corrected chi connectivity index (χ3v) is 5.56. The summed E-state index contributed by atoms with van der Waals surface area (Å²) in [6, 6.07) is 7.23. The summed E-state index contributed by atoms with van der Waals surface area (Å²) in [5, 5.41) is 0.302. The zero-order valence-corrected chi connectivity index (χ0v) is 12.4. The quantitative estimate of drug-likeness (QED) is 0.815. The van der Waals surface area contributed by atoms with Gasteiger partial charge in [-0.05, 0) is 18.9 Å². The van der Waals surface area contributed by atoms with Crippen molar-refractivity contribution in [3.05, 3.63) is 36.1 Å². The SMILES string of the molecule is CS(=O)(=O)[C@@H]1CC[C@H](OC(=O)c2coc3ccccc23)C1. The highest BCUT2D eigenvalue weighted by Gasteiger charge is 2.34. The van der Waals surface area contributed by atoms with E-state index >= 15 is 0 Å². The fraction of sp³-hybridized carbons (Fsp3) is 0.400. The van der Waals surface area contributed by atoms with Crippen molar-refractivity contribution < 1.29 is 22.4 Å². The number of fused-ring (bicyclic) bond motifs is 1. The largest absolute Gasteiger partial charge is 0.463 e. The number of carbonyl (C=O) groups excluding carboxylic acids is 1. The van der Waals surface area contributed by atoms with Crippen molar-refractivity contribution in [1.82, 2.24) is 0 Å². The molecule has 0 bridgehead atoms. The van der Waals surface area contributed by atoms with Crippen molar-refractivity contribution in [1.29, 1.82) is 0 Å². The van der Waals surface area contributed by atoms with Gasteiger partial charge in [0.05, 0.1) is 5.25 Å². The molecule has 1 aromatic heterocycles. The van der Waals surface area contributed by atoms with Gasteiger partial charge in [0.1, 0.15) is 33.4 Å². The van der Waals surface area contributed by atoms with Crippen LogP contribution in [0.2, 0.25) is 0 Å². The molecule has 112 valence electrons. The molecular weight excluding hydrogens is 292 g/mol. The molecule has 1 heterocycles. The summed E-state index contributed by atoms with van der Waals surface area (Å²) in [4.78, 5) is 12.2. The second-order valence-electron chi connectivity index (χ2n) is 5.44. The van der Waals surface area contributed by atoms with E-state index in [0.29, 0.717) is 35.8 Å². The summed E-state index contributed by atoms with van der Waals surface area (Å²) in [6.07, 6.45) is 3.77. The average Bonchev–Trinajstić information content (AvgIpc) is 3.03. The summed E-state index contributed by atoms with van der Waals surface area (Å²) in [5.74, 6) is -0.459. The molecule has 6 heteroatoms. The number of furan rings is 1. The van der Waals surface area contributed by atoms with Crippen LogP contribution in [-0.4, -0.2) is 32.0 Å². The Balaban J connectivity index is 1.73. The highest BCUT2D eigenvalue weighted by atomic mass is 32.2. The van der Waals surface area contributed by atoms with Crippen LogP contribution in [0, 0.1) is 0 Å². The molecule has 0 N–H and O–H groups in total. The highest BCUT2D eigenvalue weighted by molar-refractivity contribution is 7.91. The van der Waals surface area contributed by atoms with E-state index in [9.17, 15) is 13.2 Å². The number of benzene rings is 1. The van der Waals surface area contributed by atoms with Gasteiger partial charge in [0.2, 0.25) is 0 Å². The highest BCUT2D eigenvalue weighted by Crippen LogP contribution is 2.29. The molecule has 1 fully saturated rings. The molecule has 0 unspecified atom stereocenters. The number of esters is 1. The lowest BCUT2D eigenvalue weighted by molar-refractivity contribution is 0.0319. The van der Waals surface area contributed by atoms with Crippen LogP contribution in [0.1, 0.15) is 29.6 Å². The molecule has 0 radical (unpaired) electrons. The Labute approximate surface area is 122 Å². The molecule has 0 spiro atoms. The number of carbonyl (C=O) groups is 1. The van der Waals surface area contributed by atoms with Gasteiger partial charge in [0.25, 0.3) is 0 Å². The van der Waals surface area contributed by atoms with Crippen LogP contribution < -0.4 is 0 Å². The Bertz CT molecular complexity index is 774. The molecule has 0 saturated heterocycles. The lowest BCUT2D eigenvalue weighted by atomic mass is 10.2. The Morgan fingerprint density at radius 1 is 1.29 bits per heavy atom. The van der Waals surface area contributed by atoms with Crippen molar-refractivity contribution in [3.8, 4) is 0 Å². The minimum absolute atomic E-state index is 0.342. The van der Waals surface area contributed by atoms with Crippen LogP contribution in [0.4, 0.5) is 0 Å². The van der Waals surface area contributed by atoms with Gasteiger partial charge in [-0.25, -0.2) is 13.2 Å². The molecule has 0 amide bonds. The first-order valence-corrected chi connectivity index (χ1v) is 8.76. The Morgan fingerprint density at radius 2 is 2.05 bits per heavy atom. The first kappa shape index (κ1) is 14.1. The van der Waals surface area contributed by atoms with Crippen LogP contribution in [0.15, 0.2) is 34.9 Å². The van der Waals surface area contributed by atoms with Gasteiger partial charge in [-0.15, -0.1) is 0 Å². The van der Waals surface area contributed by atoms with Gasteiger partial charge in [0.15, 0.2) is 0 Å². The van der Waals surface area contributed by atoms with E-state index in [1.807, 2.05) is 12.1 Å². The van der Waals surface area contributed by atoms with E-state index in [0.717, 1.165) is 0 Å². The maximum atomic E-state index is 12.2. The molecule has 1 aliphatic rings. The maximum absolute atomic E-state index is 12.2. The predicted octanol–water partition coefficient (Wildman–Crippen LogP) is 2.56. The van der Waals surface area contributed by atoms with Crippen molar-refractivity contribution in [3.63, 3.8) is 0 Å². The van der Waals surface area contributed by atoms with E-state index < -0.39 is 21.1 Å². The van der Waals surface area contributed by atoms with Gasteiger partial charge in [-0.2, -0.15) is 0 Å². The van der Waals surface area contributed by atoms with Crippen molar-refractivity contribution in [2.75, 3.05) is 6.26 Å². The van der Waals surface area contributed by atoms with E-state index in [-0.39, 0.29) is 6.10 Å². The van der Waals surface area contributed by atoms with Crippen molar-refractivity contribution in [2.24, 2.45) is 0 Å². The van der Waals surface area contributed by atoms with Gasteiger partial charge >= 0.3 is 5.97 Å². The number of ether oxygens (including phenoxy) is 1. The van der Waals surface area contributed by atoms with Crippen LogP contribution in [0.25, 0.3) is 11.0 Å². The lowest BCUT2D eigenvalue weighted by Crippen LogP contribution is -2.20. The fourth-order valence-electron chi connectivity index (χ4n) is 2.75. The van der Waals surface area contributed by atoms with Crippen LogP contribution >= 0.6 is 0 Å². The normalized spacial score (nSPS) is 22.5. The predicted molar refractivity (Wildman–Crippen MR) is 77.9 cm³/mol. The first-order valence-electron chi connectivity index (χ1n) is 6.81. The Hall–Kier alpha value is -1.82. The molecule has 0 aliphatic heterocycles. The van der Waals surface area contributed by atoms with Crippen LogP contribution in [0.3, 0.4) is 0 Å². The Kier molecular flexibility index (Phi) is 3.49. The van der Waals surface area contributed by atoms with Gasteiger partial charge < -0.3 is 9.15 Å². The molecule has 21 heavy (non-hydrogen) atoms. The number of rotatable bonds is 3. The van der Waals surface area contributed by atoms with Gasteiger partial charge in [-0.1, -0.05) is 18.2 Å². The second kappa shape index (κ2) is 5.18. The Morgan fingerprint density at radius 3 is 2.76 bits per heavy atom. The number of hydrogen-bond donors (Lipinski definition) is 0. The molecular formula is C15H16O5S. The molecule has 3 rings (SSSR count). The molecule has 1 aromatic carbocycles. The summed E-state index contributed by atoms with van der Waals surface area (Å²) in [7, 11) is -3.07. The number of sulfone groups is 1. The monoisotopic (exact) mass is 308 g/mol. The minimum atomic E-state index is -3.07. The lowest BCUT2D eigenvalue weighted by Gasteiger charge is -2.11. The van der Waals surface area contributed by atoms with Gasteiger partial charge in [-0.3, -0.25) is 0 Å².